The van der Waals surface area contributed by atoms with E-state index in [9.17, 15) is 10.2 Å². The van der Waals surface area contributed by atoms with E-state index >= 15 is 0 Å². The van der Waals surface area contributed by atoms with E-state index in [1.54, 1.807) is 48.5 Å². The number of phenols is 4. The molecule has 4 nitrogen and oxygen atoms in total. The predicted octanol–water partition coefficient (Wildman–Crippen LogP) is 3.35. The Morgan fingerprint density at radius 2 is 0.750 bits per heavy atom. The van der Waals surface area contributed by atoms with Crippen molar-refractivity contribution in [1.82, 2.24) is 0 Å². The van der Waals surface area contributed by atoms with Gasteiger partial charge >= 0.3 is 0 Å². The number of rotatable bonds is 0. The molecule has 0 aliphatic heterocycles. The Morgan fingerprint density at radius 3 is 1.10 bits per heavy atom. The highest BCUT2D eigenvalue weighted by molar-refractivity contribution is 5.92. The summed E-state index contributed by atoms with van der Waals surface area (Å²) in [6.45, 7) is 0. The van der Waals surface area contributed by atoms with E-state index in [0.717, 1.165) is 0 Å². The van der Waals surface area contributed by atoms with Gasteiger partial charge in [0.1, 0.15) is 11.5 Å². The summed E-state index contributed by atoms with van der Waals surface area (Å²) in [6, 6.07) is 16.3. The zero-order valence-corrected chi connectivity index (χ0v) is 10.6. The summed E-state index contributed by atoms with van der Waals surface area (Å²) in [5.41, 5.74) is 0. The van der Waals surface area contributed by atoms with E-state index in [4.69, 9.17) is 10.2 Å². The molecule has 4 heteroatoms. The summed E-state index contributed by atoms with van der Waals surface area (Å²) in [5, 5.41) is 37.5. The fourth-order valence-electron chi connectivity index (χ4n) is 1.74. The van der Waals surface area contributed by atoms with Crippen molar-refractivity contribution in [2.75, 3.05) is 0 Å². The molecule has 4 N–H and O–H groups in total. The van der Waals surface area contributed by atoms with Crippen LogP contribution in [0, 0.1) is 0 Å². The lowest BCUT2D eigenvalue weighted by Gasteiger charge is -2.01. The van der Waals surface area contributed by atoms with Crippen LogP contribution in [-0.2, 0) is 0 Å². The third kappa shape index (κ3) is 2.92. The zero-order chi connectivity index (χ0) is 14.5. The molecule has 0 amide bonds. The van der Waals surface area contributed by atoms with Gasteiger partial charge in [-0.2, -0.15) is 0 Å². The molecule has 3 aromatic rings. The third-order valence-corrected chi connectivity index (χ3v) is 2.76. The van der Waals surface area contributed by atoms with Crippen LogP contribution in [0.2, 0.25) is 0 Å². The van der Waals surface area contributed by atoms with Gasteiger partial charge < -0.3 is 20.4 Å². The average molecular weight is 270 g/mol. The average Bonchev–Trinajstić information content (AvgIpc) is 2.44. The number of para-hydroxylation sites is 2. The fourth-order valence-corrected chi connectivity index (χ4v) is 1.74. The van der Waals surface area contributed by atoms with E-state index in [0.29, 0.717) is 10.8 Å². The summed E-state index contributed by atoms with van der Waals surface area (Å²) in [5.74, 6) is 0.242. The van der Waals surface area contributed by atoms with Crippen LogP contribution < -0.4 is 0 Å². The van der Waals surface area contributed by atoms with Gasteiger partial charge in [0.15, 0.2) is 11.5 Å². The minimum atomic E-state index is -0.0764. The van der Waals surface area contributed by atoms with Gasteiger partial charge in [0, 0.05) is 10.8 Å². The monoisotopic (exact) mass is 270 g/mol. The lowest BCUT2D eigenvalue weighted by Crippen LogP contribution is -1.73. The Hall–Kier alpha value is -2.88. The molecule has 3 aromatic carbocycles. The molecule has 20 heavy (non-hydrogen) atoms. The largest absolute Gasteiger partial charge is 0.507 e. The molecule has 0 spiro atoms. The van der Waals surface area contributed by atoms with E-state index < -0.39 is 0 Å². The molecule has 0 fully saturated rings. The Balaban J connectivity index is 0.000000160. The van der Waals surface area contributed by atoms with Gasteiger partial charge in [-0.05, 0) is 24.3 Å². The van der Waals surface area contributed by atoms with Crippen molar-refractivity contribution in [3.05, 3.63) is 60.7 Å². The van der Waals surface area contributed by atoms with Gasteiger partial charge in [-0.3, -0.25) is 0 Å². The summed E-state index contributed by atoms with van der Waals surface area (Å²) in [6.07, 6.45) is 0. The molecular weight excluding hydrogens is 256 g/mol. The molecule has 0 unspecified atom stereocenters. The molecular formula is C16H14O4. The van der Waals surface area contributed by atoms with Crippen molar-refractivity contribution in [3.63, 3.8) is 0 Å². The van der Waals surface area contributed by atoms with Crippen LogP contribution >= 0.6 is 0 Å². The summed E-state index contributed by atoms with van der Waals surface area (Å²) >= 11 is 0. The van der Waals surface area contributed by atoms with Gasteiger partial charge in [0.25, 0.3) is 0 Å². The van der Waals surface area contributed by atoms with E-state index in [2.05, 4.69) is 0 Å². The van der Waals surface area contributed by atoms with Gasteiger partial charge in [0.2, 0.25) is 0 Å². The van der Waals surface area contributed by atoms with Crippen molar-refractivity contribution in [2.45, 2.75) is 0 Å². The van der Waals surface area contributed by atoms with Crippen molar-refractivity contribution in [1.29, 1.82) is 0 Å². The molecule has 0 radical (unpaired) electrons. The first-order valence-electron chi connectivity index (χ1n) is 5.96. The zero-order valence-electron chi connectivity index (χ0n) is 10.6. The second-order valence-electron chi connectivity index (χ2n) is 4.14. The summed E-state index contributed by atoms with van der Waals surface area (Å²) < 4.78 is 0. The molecule has 0 aliphatic carbocycles. The maximum Gasteiger partial charge on any atom is 0.157 e. The second kappa shape index (κ2) is 5.84. The van der Waals surface area contributed by atoms with E-state index in [-0.39, 0.29) is 23.0 Å². The number of hydrogen-bond acceptors (Lipinski definition) is 4. The normalized spacial score (nSPS) is 9.80. The molecule has 0 aliphatic rings. The topological polar surface area (TPSA) is 80.9 Å². The van der Waals surface area contributed by atoms with Crippen molar-refractivity contribution < 1.29 is 20.4 Å². The first-order chi connectivity index (χ1) is 9.59. The Morgan fingerprint density at radius 1 is 0.400 bits per heavy atom. The van der Waals surface area contributed by atoms with Crippen LogP contribution in [0.5, 0.6) is 23.0 Å². The molecule has 0 bridgehead atoms. The molecule has 0 saturated carbocycles. The predicted molar refractivity (Wildman–Crippen MR) is 77.0 cm³/mol. The maximum atomic E-state index is 9.38. The highest BCUT2D eigenvalue weighted by atomic mass is 16.3. The summed E-state index contributed by atoms with van der Waals surface area (Å²) in [4.78, 5) is 0. The Labute approximate surface area is 115 Å². The smallest absolute Gasteiger partial charge is 0.157 e. The summed E-state index contributed by atoms with van der Waals surface area (Å²) in [7, 11) is 0. The van der Waals surface area contributed by atoms with E-state index in [1.807, 2.05) is 0 Å². The highest BCUT2D eigenvalue weighted by Crippen LogP contribution is 2.29. The minimum absolute atomic E-state index is 0.0764. The van der Waals surface area contributed by atoms with Crippen LogP contribution in [0.25, 0.3) is 10.8 Å². The van der Waals surface area contributed by atoms with Crippen LogP contribution in [0.1, 0.15) is 0 Å². The van der Waals surface area contributed by atoms with E-state index in [1.165, 1.54) is 12.1 Å². The minimum Gasteiger partial charge on any atom is -0.507 e. The highest BCUT2D eigenvalue weighted by Gasteiger charge is 2.00. The quantitative estimate of drug-likeness (QED) is 0.472. The number of fused-ring (bicyclic) bond motifs is 1. The van der Waals surface area contributed by atoms with Crippen LogP contribution in [-0.4, -0.2) is 20.4 Å². The number of phenolic OH excluding ortho intramolecular Hbond substituents is 4. The first kappa shape index (κ1) is 13.5. The maximum absolute atomic E-state index is 9.38. The standard InChI is InChI=1S/C10H8O2.C6H6O2/c11-9-5-1-3-7-8(9)4-2-6-10(7)12;7-5-3-1-2-4-6(5)8/h1-6,11-12H;1-4,7-8H. The fraction of sp³-hybridized carbons (Fsp3) is 0. The second-order valence-corrected chi connectivity index (χ2v) is 4.14. The van der Waals surface area contributed by atoms with Gasteiger partial charge in [-0.1, -0.05) is 36.4 Å². The Kier molecular flexibility index (Phi) is 3.96. The van der Waals surface area contributed by atoms with Crippen LogP contribution in [0.15, 0.2) is 60.7 Å². The van der Waals surface area contributed by atoms with Gasteiger partial charge in [-0.25, -0.2) is 0 Å². The SMILES string of the molecule is Oc1cccc2c(O)cccc12.Oc1ccccc1O. The molecule has 0 saturated heterocycles. The molecule has 0 aromatic heterocycles. The number of aromatic hydroxyl groups is 4. The van der Waals surface area contributed by atoms with Crippen molar-refractivity contribution in [2.24, 2.45) is 0 Å². The molecule has 0 heterocycles. The Bertz CT molecular complexity index is 660. The first-order valence-corrected chi connectivity index (χ1v) is 5.96. The van der Waals surface area contributed by atoms with Gasteiger partial charge in [0.05, 0.1) is 0 Å². The molecule has 102 valence electrons. The molecule has 3 rings (SSSR count). The third-order valence-electron chi connectivity index (χ3n) is 2.76. The van der Waals surface area contributed by atoms with Crippen molar-refractivity contribution >= 4 is 10.8 Å². The lowest BCUT2D eigenvalue weighted by atomic mass is 10.1. The lowest BCUT2D eigenvalue weighted by molar-refractivity contribution is 0.404. The van der Waals surface area contributed by atoms with Crippen LogP contribution in [0.3, 0.4) is 0 Å². The number of benzene rings is 3. The molecule has 0 atom stereocenters. The van der Waals surface area contributed by atoms with Crippen LogP contribution in [0.4, 0.5) is 0 Å². The number of hydrogen-bond donors (Lipinski definition) is 4. The van der Waals surface area contributed by atoms with Crippen molar-refractivity contribution in [3.8, 4) is 23.0 Å². The van der Waals surface area contributed by atoms with Gasteiger partial charge in [-0.15, -0.1) is 0 Å².